The number of hydrogen-bond acceptors (Lipinski definition) is 4. The van der Waals surface area contributed by atoms with Gasteiger partial charge in [-0.05, 0) is 37.6 Å². The van der Waals surface area contributed by atoms with Gasteiger partial charge in [-0.25, -0.2) is 4.79 Å². The molecule has 2 aromatic rings. The van der Waals surface area contributed by atoms with E-state index in [4.69, 9.17) is 19.0 Å². The number of carbonyl (C=O) groups is 1. The molecule has 1 N–H and O–H groups in total. The molecule has 5 nitrogen and oxygen atoms in total. The molecule has 2 rings (SSSR count). The third kappa shape index (κ3) is 3.82. The van der Waals surface area contributed by atoms with Crippen molar-refractivity contribution in [1.82, 2.24) is 0 Å². The van der Waals surface area contributed by atoms with Crippen molar-refractivity contribution in [3.63, 3.8) is 0 Å². The predicted molar refractivity (Wildman–Crippen MR) is 73.9 cm³/mol. The Morgan fingerprint density at radius 2 is 2.10 bits per heavy atom. The zero-order valence-corrected chi connectivity index (χ0v) is 11.6. The summed E-state index contributed by atoms with van der Waals surface area (Å²) in [5.41, 5.74) is 1.54. The Morgan fingerprint density at radius 1 is 1.30 bits per heavy atom. The maximum absolute atomic E-state index is 10.8. The molecular formula is C15H18O5. The maximum Gasteiger partial charge on any atom is 0.371 e. The second-order valence-electron chi connectivity index (χ2n) is 4.76. The topological polar surface area (TPSA) is 68.9 Å². The highest BCUT2D eigenvalue weighted by molar-refractivity contribution is 5.91. The largest absolute Gasteiger partial charge is 0.475 e. The van der Waals surface area contributed by atoms with Crippen LogP contribution in [0.15, 0.2) is 28.7 Å². The zero-order chi connectivity index (χ0) is 14.5. The first-order valence-corrected chi connectivity index (χ1v) is 6.51. The van der Waals surface area contributed by atoms with Crippen LogP contribution in [-0.4, -0.2) is 30.4 Å². The second-order valence-corrected chi connectivity index (χ2v) is 4.76. The lowest BCUT2D eigenvalue weighted by atomic mass is 10.2. The Labute approximate surface area is 117 Å². The van der Waals surface area contributed by atoms with Gasteiger partial charge in [0.05, 0.1) is 25.9 Å². The van der Waals surface area contributed by atoms with E-state index in [0.717, 1.165) is 10.9 Å². The lowest BCUT2D eigenvalue weighted by molar-refractivity contribution is 0.0143. The molecule has 0 bridgehead atoms. The molecule has 1 aromatic carbocycles. The molecule has 0 aliphatic heterocycles. The number of carboxylic acids is 1. The van der Waals surface area contributed by atoms with Gasteiger partial charge in [-0.3, -0.25) is 0 Å². The summed E-state index contributed by atoms with van der Waals surface area (Å²) in [5.74, 6) is -1.12. The summed E-state index contributed by atoms with van der Waals surface area (Å²) in [4.78, 5) is 10.8. The van der Waals surface area contributed by atoms with Gasteiger partial charge in [-0.2, -0.15) is 0 Å². The van der Waals surface area contributed by atoms with E-state index in [1.54, 1.807) is 6.07 Å². The fraction of sp³-hybridized carbons (Fsp3) is 0.400. The lowest BCUT2D eigenvalue weighted by Crippen LogP contribution is -2.09. The van der Waals surface area contributed by atoms with Gasteiger partial charge in [0.15, 0.2) is 0 Å². The molecule has 0 atom stereocenters. The normalized spacial score (nSPS) is 11.3. The van der Waals surface area contributed by atoms with Crippen molar-refractivity contribution in [1.29, 1.82) is 0 Å². The van der Waals surface area contributed by atoms with Crippen LogP contribution >= 0.6 is 0 Å². The summed E-state index contributed by atoms with van der Waals surface area (Å²) in [6, 6.07) is 7.00. The van der Waals surface area contributed by atoms with E-state index in [9.17, 15) is 4.79 Å². The van der Waals surface area contributed by atoms with E-state index in [1.165, 1.54) is 6.07 Å². The van der Waals surface area contributed by atoms with Gasteiger partial charge in [0.2, 0.25) is 5.76 Å². The third-order valence-corrected chi connectivity index (χ3v) is 2.74. The highest BCUT2D eigenvalue weighted by Gasteiger charge is 2.10. The number of furan rings is 1. The highest BCUT2D eigenvalue weighted by Crippen LogP contribution is 2.21. The summed E-state index contributed by atoms with van der Waals surface area (Å²) in [6.07, 6.45) is 0.204. The fourth-order valence-electron chi connectivity index (χ4n) is 1.82. The first-order valence-electron chi connectivity index (χ1n) is 6.51. The Kier molecular flexibility index (Phi) is 4.76. The number of rotatable bonds is 7. The summed E-state index contributed by atoms with van der Waals surface area (Å²) < 4.78 is 16.1. The number of carboxylic acid groups (broad SMARTS) is 1. The van der Waals surface area contributed by atoms with Crippen LogP contribution in [0.1, 0.15) is 30.0 Å². The predicted octanol–water partition coefficient (Wildman–Crippen LogP) is 3.07. The van der Waals surface area contributed by atoms with Gasteiger partial charge in [0.1, 0.15) is 5.58 Å². The number of hydrogen-bond donors (Lipinski definition) is 1. The fourth-order valence-corrected chi connectivity index (χ4v) is 1.82. The van der Waals surface area contributed by atoms with Crippen LogP contribution in [0.5, 0.6) is 0 Å². The minimum atomic E-state index is -1.06. The Bertz CT molecular complexity index is 585. The molecule has 0 amide bonds. The summed E-state index contributed by atoms with van der Waals surface area (Å²) in [6.45, 7) is 5.52. The zero-order valence-electron chi connectivity index (χ0n) is 11.6. The molecule has 0 radical (unpaired) electrons. The molecule has 0 fully saturated rings. The van der Waals surface area contributed by atoms with Crippen LogP contribution in [0, 0.1) is 0 Å². The van der Waals surface area contributed by atoms with E-state index in [0.29, 0.717) is 25.4 Å². The van der Waals surface area contributed by atoms with Gasteiger partial charge < -0.3 is 19.0 Å². The van der Waals surface area contributed by atoms with Crippen LogP contribution in [0.3, 0.4) is 0 Å². The molecule has 0 aliphatic rings. The number of aromatic carboxylic acids is 1. The van der Waals surface area contributed by atoms with Gasteiger partial charge in [0, 0.05) is 5.39 Å². The van der Waals surface area contributed by atoms with Crippen LogP contribution in [0.2, 0.25) is 0 Å². The van der Waals surface area contributed by atoms with Gasteiger partial charge in [0.25, 0.3) is 0 Å². The molecule has 0 saturated heterocycles. The first kappa shape index (κ1) is 14.6. The minimum Gasteiger partial charge on any atom is -0.475 e. The van der Waals surface area contributed by atoms with Crippen molar-refractivity contribution >= 4 is 16.9 Å². The average Bonchev–Trinajstić information content (AvgIpc) is 2.81. The number of benzene rings is 1. The monoisotopic (exact) mass is 278 g/mol. The molecule has 20 heavy (non-hydrogen) atoms. The molecule has 5 heteroatoms. The Morgan fingerprint density at radius 3 is 2.80 bits per heavy atom. The van der Waals surface area contributed by atoms with Crippen molar-refractivity contribution in [2.24, 2.45) is 0 Å². The molecule has 1 aromatic heterocycles. The highest BCUT2D eigenvalue weighted by atomic mass is 16.5. The summed E-state index contributed by atoms with van der Waals surface area (Å²) in [7, 11) is 0. The van der Waals surface area contributed by atoms with E-state index >= 15 is 0 Å². The molecule has 1 heterocycles. The molecule has 0 unspecified atom stereocenters. The van der Waals surface area contributed by atoms with Crippen LogP contribution < -0.4 is 0 Å². The standard InChI is InChI=1S/C15H18O5/c1-10(2)19-6-5-18-9-11-3-4-13-12(7-11)8-14(20-13)15(16)17/h3-4,7-8,10H,5-6,9H2,1-2H3,(H,16,17). The summed E-state index contributed by atoms with van der Waals surface area (Å²) >= 11 is 0. The number of fused-ring (bicyclic) bond motifs is 1. The molecular weight excluding hydrogens is 260 g/mol. The van der Waals surface area contributed by atoms with Crippen LogP contribution in [0.4, 0.5) is 0 Å². The first-order chi connectivity index (χ1) is 9.56. The van der Waals surface area contributed by atoms with Gasteiger partial charge >= 0.3 is 5.97 Å². The van der Waals surface area contributed by atoms with Crippen molar-refractivity contribution in [2.45, 2.75) is 26.6 Å². The second kappa shape index (κ2) is 6.54. The van der Waals surface area contributed by atoms with Gasteiger partial charge in [-0.1, -0.05) is 6.07 Å². The van der Waals surface area contributed by atoms with Gasteiger partial charge in [-0.15, -0.1) is 0 Å². The van der Waals surface area contributed by atoms with Crippen LogP contribution in [0.25, 0.3) is 11.0 Å². The lowest BCUT2D eigenvalue weighted by Gasteiger charge is -2.08. The molecule has 108 valence electrons. The van der Waals surface area contributed by atoms with Crippen molar-refractivity contribution in [2.75, 3.05) is 13.2 Å². The SMILES string of the molecule is CC(C)OCCOCc1ccc2oc(C(=O)O)cc2c1. The minimum absolute atomic E-state index is 0.0524. The van der Waals surface area contributed by atoms with E-state index in [-0.39, 0.29) is 11.9 Å². The van der Waals surface area contributed by atoms with E-state index in [2.05, 4.69) is 0 Å². The quantitative estimate of drug-likeness (QED) is 0.788. The molecule has 0 saturated carbocycles. The molecule has 0 spiro atoms. The smallest absolute Gasteiger partial charge is 0.371 e. The van der Waals surface area contributed by atoms with Crippen molar-refractivity contribution in [3.05, 3.63) is 35.6 Å². The van der Waals surface area contributed by atoms with Crippen LogP contribution in [-0.2, 0) is 16.1 Å². The third-order valence-electron chi connectivity index (χ3n) is 2.74. The molecule has 0 aliphatic carbocycles. The average molecular weight is 278 g/mol. The Hall–Kier alpha value is -1.85. The van der Waals surface area contributed by atoms with E-state index in [1.807, 2.05) is 26.0 Å². The number of ether oxygens (including phenoxy) is 2. The maximum atomic E-state index is 10.8. The Balaban J connectivity index is 1.92. The van der Waals surface area contributed by atoms with Crippen molar-refractivity contribution < 1.29 is 23.8 Å². The van der Waals surface area contributed by atoms with E-state index < -0.39 is 5.97 Å². The van der Waals surface area contributed by atoms with Crippen molar-refractivity contribution in [3.8, 4) is 0 Å². The summed E-state index contributed by atoms with van der Waals surface area (Å²) in [5, 5.41) is 9.63.